The summed E-state index contributed by atoms with van der Waals surface area (Å²) in [5.41, 5.74) is 0. The summed E-state index contributed by atoms with van der Waals surface area (Å²) in [4.78, 5) is 32.5. The highest BCUT2D eigenvalue weighted by atomic mass is 16.2. The smallest absolute Gasteiger partial charge is 0.245 e. The average Bonchev–Trinajstić information content (AvgIpc) is 1.85. The van der Waals surface area contributed by atoms with E-state index in [9.17, 15) is 14.4 Å². The second-order valence-corrected chi connectivity index (χ2v) is 2.39. The monoisotopic (exact) mass is 172 g/mol. The maximum atomic E-state index is 10.8. The lowest BCUT2D eigenvalue weighted by Gasteiger charge is -2.26. The van der Waals surface area contributed by atoms with Gasteiger partial charge in [-0.3, -0.25) is 14.4 Å². The first-order valence-corrected chi connectivity index (χ1v) is 3.43. The van der Waals surface area contributed by atoms with Gasteiger partial charge in [-0.25, -0.2) is 5.01 Å². The number of carbonyl (C=O) groups excluding carboxylic acids is 3. The molecule has 0 bridgehead atoms. The van der Waals surface area contributed by atoms with E-state index in [4.69, 9.17) is 0 Å². The number of imide groups is 1. The standard InChI is InChI=1S/C7H12N2O3/c1-5(10)8(4)9(6(2)11)7(3)12/h1-4H3. The molecule has 0 atom stereocenters. The first kappa shape index (κ1) is 10.6. The third-order valence-electron chi connectivity index (χ3n) is 1.35. The van der Waals surface area contributed by atoms with Crippen molar-refractivity contribution in [3.8, 4) is 0 Å². The summed E-state index contributed by atoms with van der Waals surface area (Å²) in [5.74, 6) is -1.30. The van der Waals surface area contributed by atoms with Crippen LogP contribution in [0.3, 0.4) is 0 Å². The molecule has 0 unspecified atom stereocenters. The Kier molecular flexibility index (Phi) is 3.40. The van der Waals surface area contributed by atoms with E-state index < -0.39 is 11.8 Å². The summed E-state index contributed by atoms with van der Waals surface area (Å²) >= 11 is 0. The molecule has 0 aromatic carbocycles. The van der Waals surface area contributed by atoms with Crippen LogP contribution in [-0.4, -0.2) is 34.8 Å². The van der Waals surface area contributed by atoms with Crippen LogP contribution >= 0.6 is 0 Å². The van der Waals surface area contributed by atoms with Gasteiger partial charge in [0.1, 0.15) is 0 Å². The Hall–Kier alpha value is -1.39. The van der Waals surface area contributed by atoms with E-state index in [0.717, 1.165) is 10.0 Å². The van der Waals surface area contributed by atoms with Crippen LogP contribution in [-0.2, 0) is 14.4 Å². The van der Waals surface area contributed by atoms with Crippen molar-refractivity contribution in [2.24, 2.45) is 0 Å². The van der Waals surface area contributed by atoms with Gasteiger partial charge in [0.05, 0.1) is 0 Å². The summed E-state index contributed by atoms with van der Waals surface area (Å²) in [7, 11) is 1.37. The molecule has 0 aliphatic heterocycles. The van der Waals surface area contributed by atoms with Gasteiger partial charge in [0.15, 0.2) is 0 Å². The molecule has 0 rings (SSSR count). The lowest BCUT2D eigenvalue weighted by atomic mass is 10.5. The fraction of sp³-hybridized carbons (Fsp3) is 0.571. The fourth-order valence-electron chi connectivity index (χ4n) is 0.785. The zero-order chi connectivity index (χ0) is 9.89. The Bertz CT molecular complexity index is 211. The summed E-state index contributed by atoms with van der Waals surface area (Å²) in [6.45, 7) is 3.72. The SMILES string of the molecule is CC(=O)N(C)N(C(C)=O)C(C)=O. The van der Waals surface area contributed by atoms with Crippen LogP contribution in [0.2, 0.25) is 0 Å². The molecule has 0 aliphatic carbocycles. The number of rotatable bonds is 0. The molecule has 5 heteroatoms. The van der Waals surface area contributed by atoms with Crippen LogP contribution in [0.5, 0.6) is 0 Å². The number of amides is 3. The molecule has 0 aromatic rings. The van der Waals surface area contributed by atoms with Gasteiger partial charge in [-0.1, -0.05) is 0 Å². The molecule has 5 nitrogen and oxygen atoms in total. The Balaban J connectivity index is 4.63. The predicted molar refractivity (Wildman–Crippen MR) is 41.6 cm³/mol. The number of hydrogen-bond acceptors (Lipinski definition) is 3. The normalized spacial score (nSPS) is 9.00. The lowest BCUT2D eigenvalue weighted by molar-refractivity contribution is -0.167. The van der Waals surface area contributed by atoms with Crippen molar-refractivity contribution in [2.45, 2.75) is 20.8 Å². The quantitative estimate of drug-likeness (QED) is 0.474. The van der Waals surface area contributed by atoms with Crippen LogP contribution in [0.1, 0.15) is 20.8 Å². The zero-order valence-electron chi connectivity index (χ0n) is 7.62. The summed E-state index contributed by atoms with van der Waals surface area (Å²) in [6.07, 6.45) is 0. The molecule has 0 N–H and O–H groups in total. The molecule has 0 saturated heterocycles. The molecule has 68 valence electrons. The van der Waals surface area contributed by atoms with Gasteiger partial charge < -0.3 is 0 Å². The van der Waals surface area contributed by atoms with E-state index in [-0.39, 0.29) is 5.91 Å². The minimum absolute atomic E-state index is 0.361. The third-order valence-corrected chi connectivity index (χ3v) is 1.35. The number of hydrazine groups is 1. The Morgan fingerprint density at radius 3 is 1.25 bits per heavy atom. The van der Waals surface area contributed by atoms with Gasteiger partial charge in [-0.15, -0.1) is 0 Å². The van der Waals surface area contributed by atoms with Crippen LogP contribution in [0.25, 0.3) is 0 Å². The fourth-order valence-corrected chi connectivity index (χ4v) is 0.785. The molecule has 0 saturated carbocycles. The second-order valence-electron chi connectivity index (χ2n) is 2.39. The Labute approximate surface area is 70.9 Å². The largest absolute Gasteiger partial charge is 0.273 e. The van der Waals surface area contributed by atoms with E-state index in [2.05, 4.69) is 0 Å². The highest BCUT2D eigenvalue weighted by molar-refractivity contribution is 5.94. The van der Waals surface area contributed by atoms with E-state index in [1.807, 2.05) is 0 Å². The Morgan fingerprint density at radius 2 is 1.17 bits per heavy atom. The molecule has 0 aromatic heterocycles. The van der Waals surface area contributed by atoms with Gasteiger partial charge in [0, 0.05) is 27.8 Å². The maximum Gasteiger partial charge on any atom is 0.245 e. The highest BCUT2D eigenvalue weighted by Gasteiger charge is 2.20. The van der Waals surface area contributed by atoms with Crippen molar-refractivity contribution >= 4 is 17.7 Å². The number of hydrogen-bond donors (Lipinski definition) is 0. The maximum absolute atomic E-state index is 10.8. The summed E-state index contributed by atoms with van der Waals surface area (Å²) < 4.78 is 0. The van der Waals surface area contributed by atoms with Crippen molar-refractivity contribution < 1.29 is 14.4 Å². The van der Waals surface area contributed by atoms with Crippen molar-refractivity contribution in [3.63, 3.8) is 0 Å². The van der Waals surface area contributed by atoms with E-state index in [1.165, 1.54) is 27.8 Å². The molecular weight excluding hydrogens is 160 g/mol. The van der Waals surface area contributed by atoms with Crippen molar-refractivity contribution in [3.05, 3.63) is 0 Å². The minimum Gasteiger partial charge on any atom is -0.273 e. The molecule has 0 spiro atoms. The minimum atomic E-state index is -0.472. The van der Waals surface area contributed by atoms with Crippen LogP contribution < -0.4 is 0 Å². The molecule has 0 aliphatic rings. The van der Waals surface area contributed by atoms with E-state index in [1.54, 1.807) is 0 Å². The van der Waals surface area contributed by atoms with Crippen LogP contribution in [0.4, 0.5) is 0 Å². The van der Waals surface area contributed by atoms with Gasteiger partial charge in [-0.05, 0) is 0 Å². The van der Waals surface area contributed by atoms with E-state index in [0.29, 0.717) is 0 Å². The van der Waals surface area contributed by atoms with Crippen LogP contribution in [0.15, 0.2) is 0 Å². The van der Waals surface area contributed by atoms with Gasteiger partial charge >= 0.3 is 0 Å². The van der Waals surface area contributed by atoms with Crippen molar-refractivity contribution in [2.75, 3.05) is 7.05 Å². The van der Waals surface area contributed by atoms with Crippen molar-refractivity contribution in [1.29, 1.82) is 0 Å². The molecule has 3 amide bonds. The summed E-state index contributed by atoms with van der Waals surface area (Å²) in [5, 5.41) is 1.76. The van der Waals surface area contributed by atoms with Gasteiger partial charge in [0.25, 0.3) is 0 Å². The highest BCUT2D eigenvalue weighted by Crippen LogP contribution is 1.96. The molecule has 12 heavy (non-hydrogen) atoms. The predicted octanol–water partition coefficient (Wildman–Crippen LogP) is -0.225. The third kappa shape index (κ3) is 2.34. The van der Waals surface area contributed by atoms with Crippen molar-refractivity contribution in [1.82, 2.24) is 10.0 Å². The summed E-state index contributed by atoms with van der Waals surface area (Å²) in [6, 6.07) is 0. The van der Waals surface area contributed by atoms with Gasteiger partial charge in [-0.2, -0.15) is 5.01 Å². The first-order chi connectivity index (χ1) is 5.37. The molecule has 0 heterocycles. The van der Waals surface area contributed by atoms with Gasteiger partial charge in [0.2, 0.25) is 17.7 Å². The lowest BCUT2D eigenvalue weighted by Crippen LogP contribution is -2.48. The number of carbonyl (C=O) groups is 3. The molecule has 0 radical (unpaired) electrons. The molecule has 0 fully saturated rings. The first-order valence-electron chi connectivity index (χ1n) is 3.43. The van der Waals surface area contributed by atoms with E-state index >= 15 is 0 Å². The topological polar surface area (TPSA) is 57.7 Å². The Morgan fingerprint density at radius 1 is 0.833 bits per heavy atom. The number of nitrogens with zero attached hydrogens (tertiary/aromatic N) is 2. The van der Waals surface area contributed by atoms with Crippen LogP contribution in [0, 0.1) is 0 Å². The zero-order valence-corrected chi connectivity index (χ0v) is 7.62. The second kappa shape index (κ2) is 3.85. The molecular formula is C7H12N2O3. The average molecular weight is 172 g/mol.